The molecule has 0 spiro atoms. The topological polar surface area (TPSA) is 58.6 Å². The molecule has 1 amide bonds. The summed E-state index contributed by atoms with van der Waals surface area (Å²) in [5.41, 5.74) is 1.01. The van der Waals surface area contributed by atoms with Gasteiger partial charge in [-0.25, -0.2) is 0 Å². The number of halogens is 2. The third kappa shape index (κ3) is 3.64. The molecule has 2 aromatic rings. The Bertz CT molecular complexity index is 704. The molecule has 22 heavy (non-hydrogen) atoms. The van der Waals surface area contributed by atoms with Crippen LogP contribution < -0.4 is 10.1 Å². The zero-order valence-corrected chi connectivity index (χ0v) is 13.6. The number of aromatic hydroxyl groups is 1. The lowest BCUT2D eigenvalue weighted by atomic mass is 10.2. The molecule has 0 fully saturated rings. The number of phenols is 1. The Morgan fingerprint density at radius 1 is 1.23 bits per heavy atom. The third-order valence-corrected chi connectivity index (χ3v) is 4.00. The van der Waals surface area contributed by atoms with Crippen molar-refractivity contribution >= 4 is 34.8 Å². The highest BCUT2D eigenvalue weighted by Gasteiger charge is 2.18. The van der Waals surface area contributed by atoms with Gasteiger partial charge < -0.3 is 15.2 Å². The average Bonchev–Trinajstić information content (AvgIpc) is 2.50. The molecule has 0 aliphatic rings. The van der Waals surface area contributed by atoms with Crippen molar-refractivity contribution < 1.29 is 14.6 Å². The van der Waals surface area contributed by atoms with Gasteiger partial charge in [0.25, 0.3) is 5.91 Å². The highest BCUT2D eigenvalue weighted by atomic mass is 35.5. The second-order valence-corrected chi connectivity index (χ2v) is 5.54. The molecule has 2 aromatic carbocycles. The van der Waals surface area contributed by atoms with Crippen LogP contribution in [0.2, 0.25) is 10.0 Å². The lowest BCUT2D eigenvalue weighted by molar-refractivity contribution is -0.122. The number of ether oxygens (including phenoxy) is 1. The first-order valence-electron chi connectivity index (χ1n) is 6.60. The minimum absolute atomic E-state index is 0.0107. The van der Waals surface area contributed by atoms with E-state index in [9.17, 15) is 9.90 Å². The Morgan fingerprint density at radius 2 is 1.91 bits per heavy atom. The molecule has 116 valence electrons. The molecule has 0 bridgehead atoms. The summed E-state index contributed by atoms with van der Waals surface area (Å²) in [6.45, 7) is 3.36. The number of carbonyl (C=O) groups excluding carboxylic acids is 1. The second-order valence-electron chi connectivity index (χ2n) is 4.75. The Morgan fingerprint density at radius 3 is 2.59 bits per heavy atom. The minimum atomic E-state index is -0.794. The number of amides is 1. The smallest absolute Gasteiger partial charge is 0.265 e. The molecule has 2 rings (SSSR count). The fourth-order valence-electron chi connectivity index (χ4n) is 1.79. The van der Waals surface area contributed by atoms with E-state index in [0.29, 0.717) is 27.0 Å². The molecule has 0 aromatic heterocycles. The molecule has 4 nitrogen and oxygen atoms in total. The molecular weight excluding hydrogens is 325 g/mol. The first-order valence-corrected chi connectivity index (χ1v) is 7.36. The van der Waals surface area contributed by atoms with Crippen molar-refractivity contribution in [2.75, 3.05) is 5.32 Å². The Hall–Kier alpha value is -1.91. The van der Waals surface area contributed by atoms with Crippen molar-refractivity contribution in [2.24, 2.45) is 0 Å². The summed E-state index contributed by atoms with van der Waals surface area (Å²) in [6, 6.07) is 9.73. The van der Waals surface area contributed by atoms with Gasteiger partial charge in [-0.1, -0.05) is 35.3 Å². The van der Waals surface area contributed by atoms with E-state index in [-0.39, 0.29) is 5.75 Å². The molecule has 1 atom stereocenters. The van der Waals surface area contributed by atoms with Gasteiger partial charge in [-0.15, -0.1) is 0 Å². The molecule has 0 heterocycles. The van der Waals surface area contributed by atoms with E-state index in [1.165, 1.54) is 6.07 Å². The summed E-state index contributed by atoms with van der Waals surface area (Å²) in [6.07, 6.45) is -0.794. The lowest BCUT2D eigenvalue weighted by Gasteiger charge is -2.17. The molecule has 6 heteroatoms. The number of para-hydroxylation sites is 2. The van der Waals surface area contributed by atoms with Crippen LogP contribution in [-0.2, 0) is 4.79 Å². The number of phenolic OH excluding ortho intramolecular Hbond substituents is 1. The summed E-state index contributed by atoms with van der Waals surface area (Å²) in [5, 5.41) is 13.1. The summed E-state index contributed by atoms with van der Waals surface area (Å²) in [5.74, 6) is -0.0305. The van der Waals surface area contributed by atoms with Gasteiger partial charge in [0.1, 0.15) is 11.5 Å². The number of rotatable bonds is 4. The van der Waals surface area contributed by atoms with Crippen LogP contribution in [0.5, 0.6) is 11.5 Å². The maximum atomic E-state index is 12.1. The molecule has 1 unspecified atom stereocenters. The lowest BCUT2D eigenvalue weighted by Crippen LogP contribution is -2.30. The number of hydrogen-bond donors (Lipinski definition) is 2. The van der Waals surface area contributed by atoms with E-state index in [4.69, 9.17) is 27.9 Å². The van der Waals surface area contributed by atoms with Gasteiger partial charge in [-0.3, -0.25) is 4.79 Å². The predicted octanol–water partition coefficient (Wildman–Crippen LogP) is 4.41. The Labute approximate surface area is 138 Å². The van der Waals surface area contributed by atoms with Crippen molar-refractivity contribution in [1.29, 1.82) is 0 Å². The van der Waals surface area contributed by atoms with Gasteiger partial charge in [0.05, 0.1) is 10.7 Å². The highest BCUT2D eigenvalue weighted by molar-refractivity contribution is 6.36. The van der Waals surface area contributed by atoms with Crippen molar-refractivity contribution in [3.8, 4) is 11.5 Å². The van der Waals surface area contributed by atoms with Crippen LogP contribution in [0.25, 0.3) is 0 Å². The average molecular weight is 340 g/mol. The number of nitrogens with one attached hydrogen (secondary N) is 1. The normalized spacial score (nSPS) is 11.8. The van der Waals surface area contributed by atoms with Crippen LogP contribution in [0.15, 0.2) is 36.4 Å². The predicted molar refractivity (Wildman–Crippen MR) is 88.0 cm³/mol. The van der Waals surface area contributed by atoms with Gasteiger partial charge in [-0.05, 0) is 43.7 Å². The molecule has 0 radical (unpaired) electrons. The number of hydrogen-bond acceptors (Lipinski definition) is 3. The fraction of sp³-hybridized carbons (Fsp3) is 0.188. The molecule has 0 saturated heterocycles. The zero-order chi connectivity index (χ0) is 16.3. The first-order chi connectivity index (χ1) is 10.4. The van der Waals surface area contributed by atoms with Crippen molar-refractivity contribution in [3.63, 3.8) is 0 Å². The largest absolute Gasteiger partial charge is 0.506 e. The van der Waals surface area contributed by atoms with Crippen molar-refractivity contribution in [2.45, 2.75) is 20.0 Å². The molecule has 0 aliphatic heterocycles. The summed E-state index contributed by atoms with van der Waals surface area (Å²) >= 11 is 12.1. The fourth-order valence-corrected chi connectivity index (χ4v) is 2.20. The number of benzene rings is 2. The van der Waals surface area contributed by atoms with Gasteiger partial charge >= 0.3 is 0 Å². The van der Waals surface area contributed by atoms with Crippen LogP contribution in [-0.4, -0.2) is 17.1 Å². The summed E-state index contributed by atoms with van der Waals surface area (Å²) in [4.78, 5) is 12.1. The molecular formula is C16H15Cl2NO3. The maximum Gasteiger partial charge on any atom is 0.265 e. The molecule has 0 saturated carbocycles. The monoisotopic (exact) mass is 339 g/mol. The summed E-state index contributed by atoms with van der Waals surface area (Å²) < 4.78 is 5.57. The van der Waals surface area contributed by atoms with E-state index in [1.54, 1.807) is 44.2 Å². The first kappa shape index (κ1) is 16.5. The van der Waals surface area contributed by atoms with Crippen LogP contribution in [0.4, 0.5) is 5.69 Å². The Kier molecular flexibility index (Phi) is 5.16. The van der Waals surface area contributed by atoms with Gasteiger partial charge in [-0.2, -0.15) is 0 Å². The van der Waals surface area contributed by atoms with Gasteiger partial charge in [0.15, 0.2) is 6.10 Å². The standard InChI is InChI=1S/C16H15Cl2NO3/c1-9-11(17)7-8-14(15(9)18)22-10(2)16(21)19-12-5-3-4-6-13(12)20/h3-8,10,20H,1-2H3,(H,19,21). The van der Waals surface area contributed by atoms with Crippen LogP contribution in [0.3, 0.4) is 0 Å². The van der Waals surface area contributed by atoms with E-state index < -0.39 is 12.0 Å². The second kappa shape index (κ2) is 6.90. The van der Waals surface area contributed by atoms with Crippen LogP contribution in [0.1, 0.15) is 12.5 Å². The van der Waals surface area contributed by atoms with Crippen LogP contribution >= 0.6 is 23.2 Å². The Balaban J connectivity index is 2.09. The van der Waals surface area contributed by atoms with E-state index in [2.05, 4.69) is 5.32 Å². The van der Waals surface area contributed by atoms with E-state index in [0.717, 1.165) is 0 Å². The van der Waals surface area contributed by atoms with Gasteiger partial charge in [0, 0.05) is 5.02 Å². The van der Waals surface area contributed by atoms with Gasteiger partial charge in [0.2, 0.25) is 0 Å². The number of carbonyl (C=O) groups is 1. The molecule has 2 N–H and O–H groups in total. The number of anilines is 1. The molecule has 0 aliphatic carbocycles. The quantitative estimate of drug-likeness (QED) is 0.811. The zero-order valence-electron chi connectivity index (χ0n) is 12.1. The van der Waals surface area contributed by atoms with Crippen molar-refractivity contribution in [1.82, 2.24) is 0 Å². The van der Waals surface area contributed by atoms with Crippen LogP contribution in [0, 0.1) is 6.92 Å². The minimum Gasteiger partial charge on any atom is -0.506 e. The van der Waals surface area contributed by atoms with E-state index >= 15 is 0 Å². The third-order valence-electron chi connectivity index (χ3n) is 3.12. The highest BCUT2D eigenvalue weighted by Crippen LogP contribution is 2.33. The van der Waals surface area contributed by atoms with Crippen molar-refractivity contribution in [3.05, 3.63) is 52.0 Å². The maximum absolute atomic E-state index is 12.1. The van der Waals surface area contributed by atoms with E-state index in [1.807, 2.05) is 0 Å². The summed E-state index contributed by atoms with van der Waals surface area (Å²) in [7, 11) is 0. The SMILES string of the molecule is Cc1c(Cl)ccc(OC(C)C(=O)Nc2ccccc2O)c1Cl.